The van der Waals surface area contributed by atoms with Crippen LogP contribution in [0.2, 0.25) is 0 Å². The Morgan fingerprint density at radius 3 is 2.35 bits per heavy atom. The molecular weight excluding hydrogens is 444 g/mol. The monoisotopic (exact) mass is 482 g/mol. The molecule has 2 aromatic rings. The first-order valence-corrected chi connectivity index (χ1v) is 13.6. The SMILES string of the molecule is C=C(CCC)C1=C(C)C=C2C/C(=C\C3=CC=C(c4ccc(C(=C)C)cc4)C3)C(=C)C2C1c1ccccc1. The Hall–Kier alpha value is -3.64. The van der Waals surface area contributed by atoms with Crippen LogP contribution >= 0.6 is 0 Å². The van der Waals surface area contributed by atoms with Crippen molar-refractivity contribution in [2.75, 3.05) is 0 Å². The Bertz CT molecular complexity index is 1410. The second kappa shape index (κ2) is 10.4. The zero-order chi connectivity index (χ0) is 26.1. The number of benzene rings is 2. The molecule has 186 valence electrons. The summed E-state index contributed by atoms with van der Waals surface area (Å²) in [6, 6.07) is 19.8. The maximum absolute atomic E-state index is 4.69. The van der Waals surface area contributed by atoms with Crippen molar-refractivity contribution in [3.63, 3.8) is 0 Å². The summed E-state index contributed by atoms with van der Waals surface area (Å²) in [7, 11) is 0. The van der Waals surface area contributed by atoms with E-state index in [0.717, 1.165) is 31.3 Å². The maximum Gasteiger partial charge on any atom is 0.0201 e. The van der Waals surface area contributed by atoms with Gasteiger partial charge in [-0.3, -0.25) is 0 Å². The molecule has 0 aliphatic heterocycles. The fourth-order valence-corrected chi connectivity index (χ4v) is 6.32. The second-order valence-electron chi connectivity index (χ2n) is 10.9. The molecule has 0 heteroatoms. The van der Waals surface area contributed by atoms with E-state index in [1.807, 2.05) is 0 Å². The quantitative estimate of drug-likeness (QED) is 0.368. The van der Waals surface area contributed by atoms with Crippen LogP contribution in [0.4, 0.5) is 0 Å². The Morgan fingerprint density at radius 2 is 1.68 bits per heavy atom. The molecule has 0 heterocycles. The van der Waals surface area contributed by atoms with Gasteiger partial charge in [-0.25, -0.2) is 0 Å². The van der Waals surface area contributed by atoms with Crippen LogP contribution in [0.3, 0.4) is 0 Å². The van der Waals surface area contributed by atoms with E-state index in [0.29, 0.717) is 5.92 Å². The molecule has 2 unspecified atom stereocenters. The van der Waals surface area contributed by atoms with E-state index in [1.165, 1.54) is 61.3 Å². The minimum absolute atomic E-state index is 0.289. The van der Waals surface area contributed by atoms with Gasteiger partial charge in [-0.1, -0.05) is 129 Å². The van der Waals surface area contributed by atoms with E-state index in [-0.39, 0.29) is 5.92 Å². The van der Waals surface area contributed by atoms with Gasteiger partial charge in [-0.05, 0) is 83.2 Å². The Balaban J connectivity index is 1.41. The highest BCUT2D eigenvalue weighted by molar-refractivity contribution is 5.75. The lowest BCUT2D eigenvalue weighted by Crippen LogP contribution is -2.21. The smallest absolute Gasteiger partial charge is 0.0201 e. The molecule has 2 aromatic carbocycles. The van der Waals surface area contributed by atoms with E-state index in [4.69, 9.17) is 6.58 Å². The van der Waals surface area contributed by atoms with Crippen molar-refractivity contribution in [3.8, 4) is 0 Å². The summed E-state index contributed by atoms with van der Waals surface area (Å²) in [5.41, 5.74) is 15.9. The molecule has 0 bridgehead atoms. The normalized spacial score (nSPS) is 22.1. The minimum atomic E-state index is 0.289. The zero-order valence-electron chi connectivity index (χ0n) is 22.6. The van der Waals surface area contributed by atoms with Gasteiger partial charge in [0.05, 0.1) is 0 Å². The largest absolute Gasteiger partial charge is 0.0955 e. The van der Waals surface area contributed by atoms with Gasteiger partial charge < -0.3 is 0 Å². The molecule has 5 rings (SSSR count). The van der Waals surface area contributed by atoms with Crippen molar-refractivity contribution in [1.29, 1.82) is 0 Å². The van der Waals surface area contributed by atoms with Gasteiger partial charge in [0.15, 0.2) is 0 Å². The Labute approximate surface area is 223 Å². The topological polar surface area (TPSA) is 0 Å². The van der Waals surface area contributed by atoms with Gasteiger partial charge in [0.2, 0.25) is 0 Å². The predicted molar refractivity (Wildman–Crippen MR) is 161 cm³/mol. The van der Waals surface area contributed by atoms with Crippen LogP contribution < -0.4 is 0 Å². The summed E-state index contributed by atoms with van der Waals surface area (Å²) >= 11 is 0. The standard InChI is InChI=1S/C37H38/c1-7-11-25(4)35-26(5)20-34-23-33(27(6)36(34)37(35)31-12-9-8-10-13-31)22-28-14-15-32(21-28)30-18-16-29(17-19-30)24(2)3/h8-10,12-20,22,36-37H,2,4,6-7,11,21,23H2,1,3,5H3/b33-22+. The molecule has 1 saturated carbocycles. The molecule has 0 nitrogen and oxygen atoms in total. The number of fused-ring (bicyclic) bond motifs is 1. The molecular formula is C37H38. The van der Waals surface area contributed by atoms with Crippen LogP contribution in [-0.2, 0) is 0 Å². The molecule has 0 spiro atoms. The Kier molecular flexibility index (Phi) is 7.02. The van der Waals surface area contributed by atoms with Gasteiger partial charge >= 0.3 is 0 Å². The van der Waals surface area contributed by atoms with E-state index in [9.17, 15) is 0 Å². The molecule has 2 atom stereocenters. The average Bonchev–Trinajstić information content (AvgIpc) is 3.48. The first-order valence-electron chi connectivity index (χ1n) is 13.6. The molecule has 1 fully saturated rings. The molecule has 3 aliphatic carbocycles. The second-order valence-corrected chi connectivity index (χ2v) is 10.9. The average molecular weight is 483 g/mol. The van der Waals surface area contributed by atoms with E-state index < -0.39 is 0 Å². The molecule has 37 heavy (non-hydrogen) atoms. The van der Waals surface area contributed by atoms with Crippen LogP contribution in [0.25, 0.3) is 11.1 Å². The lowest BCUT2D eigenvalue weighted by molar-refractivity contribution is 0.619. The highest BCUT2D eigenvalue weighted by atomic mass is 14.4. The third-order valence-corrected chi connectivity index (χ3v) is 8.15. The van der Waals surface area contributed by atoms with Crippen LogP contribution in [0.5, 0.6) is 0 Å². The molecule has 3 aliphatic rings. The van der Waals surface area contributed by atoms with Gasteiger partial charge in [-0.2, -0.15) is 0 Å². The summed E-state index contributed by atoms with van der Waals surface area (Å²) in [4.78, 5) is 0. The minimum Gasteiger partial charge on any atom is -0.0955 e. The number of hydrogen-bond donors (Lipinski definition) is 0. The summed E-state index contributed by atoms with van der Waals surface area (Å²) in [6.07, 6.45) is 13.5. The molecule has 0 aromatic heterocycles. The number of allylic oxidation sites excluding steroid dienone is 13. The first kappa shape index (κ1) is 25.0. The van der Waals surface area contributed by atoms with E-state index in [2.05, 4.69) is 113 Å². The van der Waals surface area contributed by atoms with Gasteiger partial charge in [0.1, 0.15) is 0 Å². The van der Waals surface area contributed by atoms with E-state index >= 15 is 0 Å². The molecule has 0 radical (unpaired) electrons. The van der Waals surface area contributed by atoms with Crippen molar-refractivity contribution >= 4 is 11.1 Å². The highest BCUT2D eigenvalue weighted by Gasteiger charge is 2.40. The van der Waals surface area contributed by atoms with Crippen molar-refractivity contribution in [3.05, 3.63) is 154 Å². The number of rotatable bonds is 7. The third-order valence-electron chi connectivity index (χ3n) is 8.15. The molecule has 0 saturated heterocycles. The van der Waals surface area contributed by atoms with E-state index in [1.54, 1.807) is 0 Å². The lowest BCUT2D eigenvalue weighted by atomic mass is 9.69. The van der Waals surface area contributed by atoms with Crippen LogP contribution in [-0.4, -0.2) is 0 Å². The Morgan fingerprint density at radius 1 is 0.946 bits per heavy atom. The van der Waals surface area contributed by atoms with Gasteiger partial charge in [0.25, 0.3) is 0 Å². The summed E-state index contributed by atoms with van der Waals surface area (Å²) in [5, 5.41) is 0. The summed E-state index contributed by atoms with van der Waals surface area (Å²) in [6.45, 7) is 19.9. The lowest BCUT2D eigenvalue weighted by Gasteiger charge is -2.34. The van der Waals surface area contributed by atoms with Crippen LogP contribution in [0.1, 0.15) is 69.1 Å². The van der Waals surface area contributed by atoms with Gasteiger partial charge in [0, 0.05) is 11.8 Å². The fraction of sp³-hybridized carbons (Fsp3) is 0.243. The predicted octanol–water partition coefficient (Wildman–Crippen LogP) is 10.3. The molecule has 0 amide bonds. The highest BCUT2D eigenvalue weighted by Crippen LogP contribution is 2.55. The maximum atomic E-state index is 4.69. The van der Waals surface area contributed by atoms with Crippen LogP contribution in [0.15, 0.2) is 138 Å². The third kappa shape index (κ3) is 4.86. The van der Waals surface area contributed by atoms with Crippen molar-refractivity contribution in [1.82, 2.24) is 0 Å². The first-order chi connectivity index (χ1) is 17.9. The summed E-state index contributed by atoms with van der Waals surface area (Å²) in [5.74, 6) is 0.599. The van der Waals surface area contributed by atoms with Crippen LogP contribution in [0, 0.1) is 5.92 Å². The molecule has 0 N–H and O–H groups in total. The number of hydrogen-bond acceptors (Lipinski definition) is 0. The van der Waals surface area contributed by atoms with Gasteiger partial charge in [-0.15, -0.1) is 0 Å². The zero-order valence-corrected chi connectivity index (χ0v) is 22.6. The van der Waals surface area contributed by atoms with Crippen molar-refractivity contribution in [2.45, 2.75) is 52.4 Å². The summed E-state index contributed by atoms with van der Waals surface area (Å²) < 4.78 is 0. The van der Waals surface area contributed by atoms with Crippen molar-refractivity contribution < 1.29 is 0 Å². The van der Waals surface area contributed by atoms with Crippen molar-refractivity contribution in [2.24, 2.45) is 5.92 Å². The fourth-order valence-electron chi connectivity index (χ4n) is 6.32.